The van der Waals surface area contributed by atoms with E-state index in [4.69, 9.17) is 20.5 Å². The standard InChI is InChI=1S/C11H12BrClO5S/c12-9-7-8(19(13,16)17)4-5-10(9)18-6-2-1-3-11(14)15/h4-5,7H,1-3,6H2,(H,14,15). The highest BCUT2D eigenvalue weighted by atomic mass is 79.9. The SMILES string of the molecule is O=C(O)CCCCOc1ccc(S(=O)(=O)Cl)cc1Br. The quantitative estimate of drug-likeness (QED) is 0.588. The molecule has 0 atom stereocenters. The molecular weight excluding hydrogens is 360 g/mol. The van der Waals surface area contributed by atoms with Gasteiger partial charge >= 0.3 is 5.97 Å². The third kappa shape index (κ3) is 5.80. The van der Waals surface area contributed by atoms with Crippen LogP contribution in [-0.4, -0.2) is 26.1 Å². The molecule has 0 unspecified atom stereocenters. The summed E-state index contributed by atoms with van der Waals surface area (Å²) >= 11 is 3.19. The lowest BCUT2D eigenvalue weighted by atomic mass is 10.2. The van der Waals surface area contributed by atoms with Crippen LogP contribution in [0.25, 0.3) is 0 Å². The van der Waals surface area contributed by atoms with E-state index >= 15 is 0 Å². The molecule has 0 spiro atoms. The molecule has 0 saturated heterocycles. The second-order valence-electron chi connectivity index (χ2n) is 3.73. The van der Waals surface area contributed by atoms with Crippen molar-refractivity contribution in [2.24, 2.45) is 0 Å². The summed E-state index contributed by atoms with van der Waals surface area (Å²) in [7, 11) is 1.45. The Balaban J connectivity index is 2.54. The minimum atomic E-state index is -3.76. The summed E-state index contributed by atoms with van der Waals surface area (Å²) < 4.78 is 28.1. The van der Waals surface area contributed by atoms with Gasteiger partial charge in [-0.15, -0.1) is 0 Å². The second-order valence-corrected chi connectivity index (χ2v) is 7.15. The Labute approximate surface area is 124 Å². The van der Waals surface area contributed by atoms with Gasteiger partial charge in [0.25, 0.3) is 9.05 Å². The first kappa shape index (κ1) is 16.3. The first-order valence-corrected chi connectivity index (χ1v) is 8.50. The van der Waals surface area contributed by atoms with Crippen LogP contribution in [-0.2, 0) is 13.8 Å². The molecule has 0 aliphatic heterocycles. The fourth-order valence-corrected chi connectivity index (χ4v) is 2.73. The van der Waals surface area contributed by atoms with Crippen LogP contribution in [0.2, 0.25) is 0 Å². The Kier molecular flexibility index (Phi) is 6.09. The summed E-state index contributed by atoms with van der Waals surface area (Å²) in [4.78, 5) is 10.3. The molecule has 1 aromatic carbocycles. The normalized spacial score (nSPS) is 11.3. The Morgan fingerprint density at radius 2 is 2.05 bits per heavy atom. The van der Waals surface area contributed by atoms with Gasteiger partial charge in [-0.1, -0.05) is 0 Å². The molecule has 1 N–H and O–H groups in total. The molecule has 19 heavy (non-hydrogen) atoms. The molecule has 0 aliphatic rings. The summed E-state index contributed by atoms with van der Waals surface area (Å²) in [6.07, 6.45) is 1.24. The van der Waals surface area contributed by atoms with Gasteiger partial charge < -0.3 is 9.84 Å². The smallest absolute Gasteiger partial charge is 0.303 e. The van der Waals surface area contributed by atoms with E-state index in [2.05, 4.69) is 15.9 Å². The predicted molar refractivity (Wildman–Crippen MR) is 74.2 cm³/mol. The molecule has 1 rings (SSSR count). The average molecular weight is 372 g/mol. The fraction of sp³-hybridized carbons (Fsp3) is 0.364. The summed E-state index contributed by atoms with van der Waals surface area (Å²) in [5.41, 5.74) is 0. The summed E-state index contributed by atoms with van der Waals surface area (Å²) in [5.74, 6) is -0.350. The number of carbonyl (C=O) groups is 1. The highest BCUT2D eigenvalue weighted by Crippen LogP contribution is 2.29. The van der Waals surface area contributed by atoms with Gasteiger partial charge in [0.2, 0.25) is 0 Å². The third-order valence-electron chi connectivity index (χ3n) is 2.23. The number of hydrogen-bond acceptors (Lipinski definition) is 4. The number of carboxylic acids is 1. The van der Waals surface area contributed by atoms with E-state index in [1.165, 1.54) is 18.2 Å². The maximum Gasteiger partial charge on any atom is 0.303 e. The van der Waals surface area contributed by atoms with Gasteiger partial charge in [-0.2, -0.15) is 0 Å². The molecule has 106 valence electrons. The van der Waals surface area contributed by atoms with Crippen LogP contribution in [0.15, 0.2) is 27.6 Å². The number of unbranched alkanes of at least 4 members (excludes halogenated alkanes) is 1. The van der Waals surface area contributed by atoms with Crippen molar-refractivity contribution >= 4 is 41.6 Å². The van der Waals surface area contributed by atoms with Crippen molar-refractivity contribution in [3.05, 3.63) is 22.7 Å². The summed E-state index contributed by atoms with van der Waals surface area (Å²) in [6.45, 7) is 0.360. The highest BCUT2D eigenvalue weighted by Gasteiger charge is 2.12. The molecule has 8 heteroatoms. The van der Waals surface area contributed by atoms with E-state index in [9.17, 15) is 13.2 Å². The molecule has 0 heterocycles. The van der Waals surface area contributed by atoms with Crippen LogP contribution in [0.1, 0.15) is 19.3 Å². The zero-order chi connectivity index (χ0) is 14.5. The number of carboxylic acid groups (broad SMARTS) is 1. The van der Waals surface area contributed by atoms with Crippen molar-refractivity contribution in [3.8, 4) is 5.75 Å². The van der Waals surface area contributed by atoms with Gasteiger partial charge in [0, 0.05) is 17.1 Å². The van der Waals surface area contributed by atoms with Crippen molar-refractivity contribution in [1.29, 1.82) is 0 Å². The van der Waals surface area contributed by atoms with E-state index < -0.39 is 15.0 Å². The molecule has 0 radical (unpaired) electrons. The van der Waals surface area contributed by atoms with Gasteiger partial charge in [-0.05, 0) is 47.0 Å². The topological polar surface area (TPSA) is 80.7 Å². The van der Waals surface area contributed by atoms with Gasteiger partial charge in [-0.3, -0.25) is 4.79 Å². The van der Waals surface area contributed by atoms with E-state index in [0.717, 1.165) is 0 Å². The van der Waals surface area contributed by atoms with Crippen LogP contribution in [0.4, 0.5) is 0 Å². The number of aliphatic carboxylic acids is 1. The van der Waals surface area contributed by atoms with E-state index in [1.807, 2.05) is 0 Å². The average Bonchev–Trinajstić information content (AvgIpc) is 2.28. The van der Waals surface area contributed by atoms with Crippen molar-refractivity contribution in [2.45, 2.75) is 24.2 Å². The van der Waals surface area contributed by atoms with E-state index in [1.54, 1.807) is 0 Å². The van der Waals surface area contributed by atoms with Gasteiger partial charge in [0.1, 0.15) is 5.75 Å². The molecular formula is C11H12BrClO5S. The van der Waals surface area contributed by atoms with Crippen molar-refractivity contribution in [2.75, 3.05) is 6.61 Å². The van der Waals surface area contributed by atoms with Crippen molar-refractivity contribution in [3.63, 3.8) is 0 Å². The van der Waals surface area contributed by atoms with Crippen molar-refractivity contribution in [1.82, 2.24) is 0 Å². The van der Waals surface area contributed by atoms with Gasteiger partial charge in [0.05, 0.1) is 16.0 Å². The molecule has 0 saturated carbocycles. The van der Waals surface area contributed by atoms with Gasteiger partial charge in [0.15, 0.2) is 0 Å². The zero-order valence-electron chi connectivity index (χ0n) is 9.80. The molecule has 5 nitrogen and oxygen atoms in total. The minimum absolute atomic E-state index is 0.0146. The largest absolute Gasteiger partial charge is 0.492 e. The molecule has 1 aromatic rings. The zero-order valence-corrected chi connectivity index (χ0v) is 13.0. The Bertz CT molecular complexity index is 558. The van der Waals surface area contributed by atoms with Crippen LogP contribution in [0, 0.1) is 0 Å². The maximum absolute atomic E-state index is 11.1. The van der Waals surface area contributed by atoms with E-state index in [-0.39, 0.29) is 11.3 Å². The maximum atomic E-state index is 11.1. The first-order chi connectivity index (χ1) is 8.80. The first-order valence-electron chi connectivity index (χ1n) is 5.39. The predicted octanol–water partition coefficient (Wildman–Crippen LogP) is 3.01. The second kappa shape index (κ2) is 7.12. The monoisotopic (exact) mass is 370 g/mol. The summed E-state index contributed by atoms with van der Waals surface area (Å²) in [5, 5.41) is 8.46. The molecule has 0 fully saturated rings. The third-order valence-corrected chi connectivity index (χ3v) is 4.20. The van der Waals surface area contributed by atoms with Crippen LogP contribution < -0.4 is 4.74 Å². The Morgan fingerprint density at radius 3 is 2.58 bits per heavy atom. The van der Waals surface area contributed by atoms with Crippen molar-refractivity contribution < 1.29 is 23.1 Å². The number of ether oxygens (including phenoxy) is 1. The van der Waals surface area contributed by atoms with Gasteiger partial charge in [-0.25, -0.2) is 8.42 Å². The number of rotatable bonds is 7. The summed E-state index contributed by atoms with van der Waals surface area (Å²) in [6, 6.07) is 4.20. The number of benzene rings is 1. The minimum Gasteiger partial charge on any atom is -0.492 e. The molecule has 0 amide bonds. The Hall–Kier alpha value is -0.790. The molecule has 0 bridgehead atoms. The van der Waals surface area contributed by atoms with Crippen LogP contribution in [0.5, 0.6) is 5.75 Å². The Morgan fingerprint density at radius 1 is 1.37 bits per heavy atom. The number of hydrogen-bond donors (Lipinski definition) is 1. The lowest BCUT2D eigenvalue weighted by Crippen LogP contribution is -2.01. The lowest BCUT2D eigenvalue weighted by Gasteiger charge is -2.08. The molecule has 0 aromatic heterocycles. The fourth-order valence-electron chi connectivity index (χ4n) is 1.31. The lowest BCUT2D eigenvalue weighted by molar-refractivity contribution is -0.137. The molecule has 0 aliphatic carbocycles. The highest BCUT2D eigenvalue weighted by molar-refractivity contribution is 9.10. The number of halogens is 2. The van der Waals surface area contributed by atoms with E-state index in [0.29, 0.717) is 29.7 Å². The van der Waals surface area contributed by atoms with Crippen LogP contribution in [0.3, 0.4) is 0 Å². The van der Waals surface area contributed by atoms with Crippen LogP contribution >= 0.6 is 26.6 Å².